The summed E-state index contributed by atoms with van der Waals surface area (Å²) in [6, 6.07) is 8.55. The number of hydrogen-bond acceptors (Lipinski definition) is 5. The van der Waals surface area contributed by atoms with Gasteiger partial charge in [0.1, 0.15) is 6.54 Å². The van der Waals surface area contributed by atoms with Gasteiger partial charge in [0.15, 0.2) is 5.69 Å². The highest BCUT2D eigenvalue weighted by molar-refractivity contribution is 5.94. The number of anilines is 2. The van der Waals surface area contributed by atoms with Crippen LogP contribution >= 0.6 is 0 Å². The highest BCUT2D eigenvalue weighted by atomic mass is 16.5. The number of nitrogens with zero attached hydrogens (tertiary/aromatic N) is 3. The molecule has 2 aromatic rings. The predicted molar refractivity (Wildman–Crippen MR) is 103 cm³/mol. The van der Waals surface area contributed by atoms with Crippen LogP contribution in [0, 0.1) is 6.92 Å². The number of carbonyl (C=O) groups is 3. The van der Waals surface area contributed by atoms with Crippen LogP contribution in [-0.4, -0.2) is 58.7 Å². The minimum absolute atomic E-state index is 0.0212. The smallest absolute Gasteiger partial charge is 0.274 e. The van der Waals surface area contributed by atoms with Crippen LogP contribution in [0.4, 0.5) is 11.4 Å². The van der Waals surface area contributed by atoms with Crippen molar-refractivity contribution in [3.63, 3.8) is 0 Å². The molecule has 2 N–H and O–H groups in total. The fourth-order valence-corrected chi connectivity index (χ4v) is 2.92. The number of aromatic nitrogens is 2. The van der Waals surface area contributed by atoms with Crippen molar-refractivity contribution in [2.75, 3.05) is 36.9 Å². The molecular formula is C19H23N5O4. The largest absolute Gasteiger partial charge is 0.378 e. The Morgan fingerprint density at radius 2 is 1.79 bits per heavy atom. The van der Waals surface area contributed by atoms with E-state index in [-0.39, 0.29) is 24.3 Å². The van der Waals surface area contributed by atoms with E-state index in [0.29, 0.717) is 43.4 Å². The maximum Gasteiger partial charge on any atom is 0.274 e. The molecule has 1 fully saturated rings. The fraction of sp³-hybridized carbons (Fsp3) is 0.368. The molecule has 9 nitrogen and oxygen atoms in total. The number of hydrogen-bond donors (Lipinski definition) is 2. The lowest BCUT2D eigenvalue weighted by Gasteiger charge is -2.25. The van der Waals surface area contributed by atoms with Gasteiger partial charge in [0, 0.05) is 37.1 Å². The SMILES string of the molecule is CC(=O)Nc1cccc(NC(=O)Cn2nc(C(=O)N3CCOCC3)cc2C)c1. The van der Waals surface area contributed by atoms with E-state index in [1.807, 2.05) is 0 Å². The van der Waals surface area contributed by atoms with Gasteiger partial charge < -0.3 is 20.3 Å². The van der Waals surface area contributed by atoms with Gasteiger partial charge in [-0.1, -0.05) is 6.07 Å². The fourth-order valence-electron chi connectivity index (χ4n) is 2.92. The van der Waals surface area contributed by atoms with Gasteiger partial charge in [-0.15, -0.1) is 0 Å². The van der Waals surface area contributed by atoms with Gasteiger partial charge in [0.25, 0.3) is 5.91 Å². The van der Waals surface area contributed by atoms with Crippen molar-refractivity contribution in [3.05, 3.63) is 41.7 Å². The Bertz CT molecular complexity index is 886. The lowest BCUT2D eigenvalue weighted by Crippen LogP contribution is -2.40. The van der Waals surface area contributed by atoms with Crippen molar-refractivity contribution >= 4 is 29.1 Å². The van der Waals surface area contributed by atoms with E-state index in [2.05, 4.69) is 15.7 Å². The summed E-state index contributed by atoms with van der Waals surface area (Å²) in [5, 5.41) is 9.73. The first-order valence-corrected chi connectivity index (χ1v) is 9.01. The number of carbonyl (C=O) groups excluding carboxylic acids is 3. The Kier molecular flexibility index (Phi) is 6.05. The average molecular weight is 385 g/mol. The van der Waals surface area contributed by atoms with Crippen LogP contribution in [0.5, 0.6) is 0 Å². The molecule has 2 heterocycles. The van der Waals surface area contributed by atoms with Gasteiger partial charge in [-0.25, -0.2) is 0 Å². The van der Waals surface area contributed by atoms with Crippen LogP contribution in [0.1, 0.15) is 23.1 Å². The van der Waals surface area contributed by atoms with E-state index in [0.717, 1.165) is 5.69 Å². The molecule has 1 aliphatic rings. The molecule has 148 valence electrons. The van der Waals surface area contributed by atoms with Crippen molar-refractivity contribution in [3.8, 4) is 0 Å². The summed E-state index contributed by atoms with van der Waals surface area (Å²) in [4.78, 5) is 37.8. The van der Waals surface area contributed by atoms with E-state index in [1.54, 1.807) is 42.2 Å². The van der Waals surface area contributed by atoms with E-state index in [1.165, 1.54) is 11.6 Å². The highest BCUT2D eigenvalue weighted by Crippen LogP contribution is 2.15. The lowest BCUT2D eigenvalue weighted by atomic mass is 10.2. The second-order valence-corrected chi connectivity index (χ2v) is 6.54. The van der Waals surface area contributed by atoms with E-state index in [4.69, 9.17) is 4.74 Å². The summed E-state index contributed by atoms with van der Waals surface area (Å²) in [6.07, 6.45) is 0. The molecule has 0 aliphatic carbocycles. The standard InChI is InChI=1S/C19H23N5O4/c1-13-10-17(19(27)23-6-8-28-9-7-23)22-24(13)12-18(26)21-16-5-3-4-15(11-16)20-14(2)25/h3-5,10-11H,6-9,12H2,1-2H3,(H,20,25)(H,21,26). The lowest BCUT2D eigenvalue weighted by molar-refractivity contribution is -0.117. The molecule has 3 amide bonds. The third-order valence-corrected chi connectivity index (χ3v) is 4.26. The number of amides is 3. The van der Waals surface area contributed by atoms with Crippen LogP contribution in [0.3, 0.4) is 0 Å². The minimum Gasteiger partial charge on any atom is -0.378 e. The Balaban J connectivity index is 1.63. The molecule has 1 aromatic carbocycles. The first kappa shape index (κ1) is 19.6. The molecule has 0 radical (unpaired) electrons. The van der Waals surface area contributed by atoms with E-state index >= 15 is 0 Å². The van der Waals surface area contributed by atoms with Crippen LogP contribution in [0.15, 0.2) is 30.3 Å². The molecule has 1 aromatic heterocycles. The Morgan fingerprint density at radius 1 is 1.11 bits per heavy atom. The number of rotatable bonds is 5. The van der Waals surface area contributed by atoms with Gasteiger partial charge in [-0.05, 0) is 31.2 Å². The van der Waals surface area contributed by atoms with Gasteiger partial charge in [-0.2, -0.15) is 5.10 Å². The maximum atomic E-state index is 12.5. The summed E-state index contributed by atoms with van der Waals surface area (Å²) in [6.45, 7) is 5.31. The zero-order valence-corrected chi connectivity index (χ0v) is 15.9. The van der Waals surface area contributed by atoms with Crippen LogP contribution in [-0.2, 0) is 20.9 Å². The van der Waals surface area contributed by atoms with Crippen LogP contribution < -0.4 is 10.6 Å². The number of morpholine rings is 1. The predicted octanol–water partition coefficient (Wildman–Crippen LogP) is 1.26. The van der Waals surface area contributed by atoms with Crippen molar-refractivity contribution in [2.45, 2.75) is 20.4 Å². The van der Waals surface area contributed by atoms with Crippen molar-refractivity contribution < 1.29 is 19.1 Å². The third-order valence-electron chi connectivity index (χ3n) is 4.26. The number of ether oxygens (including phenoxy) is 1. The molecule has 1 aliphatic heterocycles. The van der Waals surface area contributed by atoms with Gasteiger partial charge >= 0.3 is 0 Å². The zero-order chi connectivity index (χ0) is 20.1. The Labute approximate surface area is 162 Å². The van der Waals surface area contributed by atoms with Gasteiger partial charge in [0.05, 0.1) is 13.2 Å². The Hall–Kier alpha value is -3.20. The molecule has 0 bridgehead atoms. The van der Waals surface area contributed by atoms with Gasteiger partial charge in [-0.3, -0.25) is 19.1 Å². The van der Waals surface area contributed by atoms with Crippen LogP contribution in [0.25, 0.3) is 0 Å². The summed E-state index contributed by atoms with van der Waals surface area (Å²) < 4.78 is 6.76. The highest BCUT2D eigenvalue weighted by Gasteiger charge is 2.22. The molecule has 28 heavy (non-hydrogen) atoms. The molecule has 3 rings (SSSR count). The molecule has 0 atom stereocenters. The van der Waals surface area contributed by atoms with Crippen molar-refractivity contribution in [1.29, 1.82) is 0 Å². The normalized spacial score (nSPS) is 13.9. The molecular weight excluding hydrogens is 362 g/mol. The maximum absolute atomic E-state index is 12.5. The minimum atomic E-state index is -0.281. The Morgan fingerprint density at radius 3 is 2.46 bits per heavy atom. The topological polar surface area (TPSA) is 106 Å². The third kappa shape index (κ3) is 4.95. The molecule has 0 spiro atoms. The first-order valence-electron chi connectivity index (χ1n) is 9.01. The average Bonchev–Trinajstić information content (AvgIpc) is 3.02. The first-order chi connectivity index (χ1) is 13.4. The summed E-state index contributed by atoms with van der Waals surface area (Å²) in [7, 11) is 0. The van der Waals surface area contributed by atoms with E-state index in [9.17, 15) is 14.4 Å². The summed E-state index contributed by atoms with van der Waals surface area (Å²) >= 11 is 0. The summed E-state index contributed by atoms with van der Waals surface area (Å²) in [5.41, 5.74) is 2.20. The van der Waals surface area contributed by atoms with Crippen molar-refractivity contribution in [1.82, 2.24) is 14.7 Å². The van der Waals surface area contributed by atoms with E-state index < -0.39 is 0 Å². The molecule has 9 heteroatoms. The molecule has 0 saturated carbocycles. The second-order valence-electron chi connectivity index (χ2n) is 6.54. The van der Waals surface area contributed by atoms with Crippen molar-refractivity contribution in [2.24, 2.45) is 0 Å². The molecule has 0 unspecified atom stereocenters. The number of nitrogens with one attached hydrogen (secondary N) is 2. The monoisotopic (exact) mass is 385 g/mol. The second kappa shape index (κ2) is 8.66. The summed E-state index contributed by atoms with van der Waals surface area (Å²) in [5.74, 6) is -0.627. The number of aryl methyl sites for hydroxylation is 1. The van der Waals surface area contributed by atoms with Gasteiger partial charge in [0.2, 0.25) is 11.8 Å². The quantitative estimate of drug-likeness (QED) is 0.806. The zero-order valence-electron chi connectivity index (χ0n) is 15.9. The van der Waals surface area contributed by atoms with Crippen LogP contribution in [0.2, 0.25) is 0 Å². The number of benzene rings is 1. The molecule has 1 saturated heterocycles.